The minimum absolute atomic E-state index is 1.14. The van der Waals surface area contributed by atoms with Crippen LogP contribution in [0.3, 0.4) is 0 Å². The summed E-state index contributed by atoms with van der Waals surface area (Å²) >= 11 is 0. The lowest BCUT2D eigenvalue weighted by atomic mass is 9.94. The summed E-state index contributed by atoms with van der Waals surface area (Å²) in [6.07, 6.45) is 0. The molecule has 0 saturated carbocycles. The topological polar surface area (TPSA) is 9.86 Å². The molecule has 0 fully saturated rings. The fourth-order valence-electron chi connectivity index (χ4n) is 9.62. The first-order valence-corrected chi connectivity index (χ1v) is 21.3. The Kier molecular flexibility index (Phi) is 8.53. The van der Waals surface area contributed by atoms with Crippen LogP contribution in [-0.4, -0.2) is 9.13 Å². The third-order valence-electron chi connectivity index (χ3n) is 12.6. The molecule has 0 spiro atoms. The maximum absolute atomic E-state index is 2.44. The second-order valence-corrected chi connectivity index (χ2v) is 16.1. The van der Waals surface area contributed by atoms with Crippen molar-refractivity contribution in [1.29, 1.82) is 0 Å². The maximum atomic E-state index is 2.44. The Hall–Kier alpha value is -8.20. The Bertz CT molecular complexity index is 3590. The van der Waals surface area contributed by atoms with Gasteiger partial charge in [-0.3, -0.25) is 0 Å². The lowest BCUT2D eigenvalue weighted by Gasteiger charge is -2.14. The zero-order valence-electron chi connectivity index (χ0n) is 34.0. The van der Waals surface area contributed by atoms with Gasteiger partial charge in [-0.1, -0.05) is 188 Å². The van der Waals surface area contributed by atoms with Crippen LogP contribution in [0.1, 0.15) is 0 Å². The Morgan fingerprint density at radius 3 is 1.19 bits per heavy atom. The molecule has 0 atom stereocenters. The molecule has 0 aliphatic carbocycles. The van der Waals surface area contributed by atoms with E-state index < -0.39 is 0 Å². The van der Waals surface area contributed by atoms with Gasteiger partial charge in [-0.05, 0) is 105 Å². The molecule has 0 amide bonds. The van der Waals surface area contributed by atoms with Crippen molar-refractivity contribution in [3.63, 3.8) is 0 Å². The van der Waals surface area contributed by atoms with Gasteiger partial charge in [0.15, 0.2) is 0 Å². The number of benzene rings is 10. The third-order valence-corrected chi connectivity index (χ3v) is 12.6. The highest BCUT2D eigenvalue weighted by Gasteiger charge is 2.18. The molecular weight excluding hydrogens is 749 g/mol. The van der Waals surface area contributed by atoms with Crippen LogP contribution in [0.15, 0.2) is 243 Å². The van der Waals surface area contributed by atoms with Crippen molar-refractivity contribution in [3.05, 3.63) is 243 Å². The van der Waals surface area contributed by atoms with Crippen molar-refractivity contribution in [2.24, 2.45) is 0 Å². The molecule has 62 heavy (non-hydrogen) atoms. The number of aromatic nitrogens is 2. The van der Waals surface area contributed by atoms with Gasteiger partial charge in [-0.15, -0.1) is 0 Å². The van der Waals surface area contributed by atoms with E-state index in [0.717, 1.165) is 5.69 Å². The molecule has 0 aliphatic heterocycles. The standard InChI is InChI=1S/C60H40N2/c1-3-15-41(16-4-1)42-27-29-45(30-28-42)51-21-9-12-24-56(51)62-58-26-14-11-23-53(58)55-40-47(34-38-60(55)62)46-33-37-59-54(39-46)52-22-10-13-25-57(52)61(59)48-35-31-44(32-36-48)50-20-8-7-19-49(50)43-17-5-2-6-18-43/h1-40H. The van der Waals surface area contributed by atoms with Gasteiger partial charge in [0.1, 0.15) is 0 Å². The zero-order valence-corrected chi connectivity index (χ0v) is 34.0. The highest BCUT2D eigenvalue weighted by Crippen LogP contribution is 2.41. The number of para-hydroxylation sites is 3. The third kappa shape index (κ3) is 5.96. The van der Waals surface area contributed by atoms with E-state index in [-0.39, 0.29) is 0 Å². The maximum Gasteiger partial charge on any atom is 0.0541 e. The van der Waals surface area contributed by atoms with Crippen molar-refractivity contribution in [2.45, 2.75) is 0 Å². The second-order valence-electron chi connectivity index (χ2n) is 16.1. The van der Waals surface area contributed by atoms with Crippen LogP contribution in [-0.2, 0) is 0 Å². The Morgan fingerprint density at radius 2 is 0.581 bits per heavy atom. The second kappa shape index (κ2) is 14.8. The van der Waals surface area contributed by atoms with E-state index in [1.807, 2.05) is 0 Å². The van der Waals surface area contributed by atoms with E-state index in [4.69, 9.17) is 0 Å². The van der Waals surface area contributed by atoms with Crippen LogP contribution in [0.2, 0.25) is 0 Å². The van der Waals surface area contributed by atoms with Gasteiger partial charge >= 0.3 is 0 Å². The van der Waals surface area contributed by atoms with Gasteiger partial charge in [0.25, 0.3) is 0 Å². The molecule has 290 valence electrons. The van der Waals surface area contributed by atoms with Gasteiger partial charge < -0.3 is 9.13 Å². The van der Waals surface area contributed by atoms with Crippen molar-refractivity contribution >= 4 is 43.6 Å². The van der Waals surface area contributed by atoms with Crippen LogP contribution < -0.4 is 0 Å². The summed E-state index contributed by atoms with van der Waals surface area (Å²) in [6, 6.07) is 88.3. The molecular formula is C60H40N2. The molecule has 2 aromatic heterocycles. The molecule has 2 heterocycles. The number of fused-ring (bicyclic) bond motifs is 6. The van der Waals surface area contributed by atoms with Gasteiger partial charge in [0.05, 0.1) is 27.8 Å². The Morgan fingerprint density at radius 1 is 0.210 bits per heavy atom. The molecule has 0 saturated heterocycles. The van der Waals surface area contributed by atoms with E-state index in [0.29, 0.717) is 0 Å². The van der Waals surface area contributed by atoms with Crippen LogP contribution >= 0.6 is 0 Å². The van der Waals surface area contributed by atoms with Crippen LogP contribution in [0, 0.1) is 0 Å². The fourth-order valence-corrected chi connectivity index (χ4v) is 9.62. The lowest BCUT2D eigenvalue weighted by Crippen LogP contribution is -1.97. The van der Waals surface area contributed by atoms with Crippen LogP contribution in [0.5, 0.6) is 0 Å². The lowest BCUT2D eigenvalue weighted by molar-refractivity contribution is 1.18. The average molecular weight is 789 g/mol. The highest BCUT2D eigenvalue weighted by molar-refractivity contribution is 6.13. The summed E-state index contributed by atoms with van der Waals surface area (Å²) in [5.41, 5.74) is 19.2. The van der Waals surface area contributed by atoms with E-state index in [9.17, 15) is 0 Å². The number of rotatable bonds is 7. The van der Waals surface area contributed by atoms with Gasteiger partial charge in [-0.25, -0.2) is 0 Å². The van der Waals surface area contributed by atoms with E-state index in [1.54, 1.807) is 0 Å². The molecule has 0 bridgehead atoms. The predicted molar refractivity (Wildman–Crippen MR) is 262 cm³/mol. The summed E-state index contributed by atoms with van der Waals surface area (Å²) in [5, 5.41) is 4.97. The van der Waals surface area contributed by atoms with Crippen LogP contribution in [0.4, 0.5) is 0 Å². The molecule has 12 aromatic rings. The normalized spacial score (nSPS) is 11.5. The smallest absolute Gasteiger partial charge is 0.0541 e. The summed E-state index contributed by atoms with van der Waals surface area (Å²) in [5.74, 6) is 0. The number of hydrogen-bond acceptors (Lipinski definition) is 0. The van der Waals surface area contributed by atoms with Gasteiger partial charge in [0.2, 0.25) is 0 Å². The highest BCUT2D eigenvalue weighted by atomic mass is 15.0. The summed E-state index contributed by atoms with van der Waals surface area (Å²) in [7, 11) is 0. The molecule has 0 aliphatic rings. The predicted octanol–water partition coefficient (Wildman–Crippen LogP) is 16.2. The van der Waals surface area contributed by atoms with Crippen molar-refractivity contribution in [3.8, 4) is 67.0 Å². The van der Waals surface area contributed by atoms with E-state index in [2.05, 4.69) is 252 Å². The average Bonchev–Trinajstić information content (AvgIpc) is 3.87. The Balaban J connectivity index is 0.940. The van der Waals surface area contributed by atoms with Crippen molar-refractivity contribution < 1.29 is 0 Å². The SMILES string of the molecule is c1ccc(-c2ccc(-c3ccccc3-n3c4ccccc4c4cc(-c5ccc6c(c5)c5ccccc5n6-c5ccc(-c6ccccc6-c6ccccc6)cc5)ccc43)cc2)cc1. The summed E-state index contributed by atoms with van der Waals surface area (Å²) in [6.45, 7) is 0. The van der Waals surface area contributed by atoms with E-state index >= 15 is 0 Å². The van der Waals surface area contributed by atoms with Gasteiger partial charge in [-0.2, -0.15) is 0 Å². The summed E-state index contributed by atoms with van der Waals surface area (Å²) in [4.78, 5) is 0. The largest absolute Gasteiger partial charge is 0.309 e. The molecule has 2 nitrogen and oxygen atoms in total. The molecule has 2 heteroatoms. The number of hydrogen-bond donors (Lipinski definition) is 0. The first kappa shape index (κ1) is 35.7. The number of nitrogens with zero attached hydrogens (tertiary/aromatic N) is 2. The minimum Gasteiger partial charge on any atom is -0.309 e. The van der Waals surface area contributed by atoms with Crippen molar-refractivity contribution in [2.75, 3.05) is 0 Å². The molecule has 12 rings (SSSR count). The first-order chi connectivity index (χ1) is 30.8. The van der Waals surface area contributed by atoms with Crippen molar-refractivity contribution in [1.82, 2.24) is 9.13 Å². The monoisotopic (exact) mass is 788 g/mol. The summed E-state index contributed by atoms with van der Waals surface area (Å²) < 4.78 is 4.85. The Labute approximate surface area is 360 Å². The first-order valence-electron chi connectivity index (χ1n) is 21.3. The van der Waals surface area contributed by atoms with E-state index in [1.165, 1.54) is 105 Å². The molecule has 0 radical (unpaired) electrons. The van der Waals surface area contributed by atoms with Gasteiger partial charge in [0, 0.05) is 32.8 Å². The minimum atomic E-state index is 1.14. The molecule has 0 unspecified atom stereocenters. The van der Waals surface area contributed by atoms with Crippen LogP contribution in [0.25, 0.3) is 111 Å². The quantitative estimate of drug-likeness (QED) is 0.152. The molecule has 10 aromatic carbocycles. The molecule has 0 N–H and O–H groups in total. The fraction of sp³-hybridized carbons (Fsp3) is 0. The zero-order chi connectivity index (χ0) is 41.0.